The number of hydrogen-bond donors (Lipinski definition) is 2. The maximum atomic E-state index is 13.7. The van der Waals surface area contributed by atoms with Gasteiger partial charge >= 0.3 is 12.1 Å². The van der Waals surface area contributed by atoms with Crippen molar-refractivity contribution in [1.82, 2.24) is 9.88 Å². The molecule has 6 rings (SSSR count). The van der Waals surface area contributed by atoms with Crippen molar-refractivity contribution >= 4 is 35.2 Å². The Morgan fingerprint density at radius 3 is 2.57 bits per heavy atom. The first kappa shape index (κ1) is 23.7. The molecule has 5 amide bonds. The van der Waals surface area contributed by atoms with Crippen LogP contribution in [0.1, 0.15) is 38.8 Å². The largest absolute Gasteiger partial charge is 0.381 e. The zero-order valence-corrected chi connectivity index (χ0v) is 21.5. The average molecular weight is 505 g/mol. The smallest absolute Gasteiger partial charge is 0.332 e. The van der Waals surface area contributed by atoms with E-state index in [4.69, 9.17) is 10.5 Å². The molecule has 10 nitrogen and oxygen atoms in total. The lowest BCUT2D eigenvalue weighted by molar-refractivity contribution is -0.123. The number of rotatable bonds is 5. The van der Waals surface area contributed by atoms with Gasteiger partial charge < -0.3 is 20.7 Å². The van der Waals surface area contributed by atoms with Gasteiger partial charge in [0.2, 0.25) is 0 Å². The molecule has 1 unspecified atom stereocenters. The molecule has 3 fully saturated rings. The minimum atomic E-state index is -1.06. The van der Waals surface area contributed by atoms with Crippen LogP contribution < -0.4 is 20.9 Å². The van der Waals surface area contributed by atoms with Gasteiger partial charge in [-0.1, -0.05) is 19.9 Å². The van der Waals surface area contributed by atoms with Crippen LogP contribution in [0.25, 0.3) is 0 Å². The highest BCUT2D eigenvalue weighted by atomic mass is 16.5. The van der Waals surface area contributed by atoms with E-state index in [-0.39, 0.29) is 17.9 Å². The van der Waals surface area contributed by atoms with E-state index in [1.54, 1.807) is 37.1 Å². The number of benzene rings is 1. The van der Waals surface area contributed by atoms with E-state index in [9.17, 15) is 14.4 Å². The summed E-state index contributed by atoms with van der Waals surface area (Å²) in [6.45, 7) is 9.85. The first-order chi connectivity index (χ1) is 17.5. The second-order valence-corrected chi connectivity index (χ2v) is 11.7. The highest BCUT2D eigenvalue weighted by molar-refractivity contribution is 6.23. The maximum absolute atomic E-state index is 13.7. The predicted octanol–water partition coefficient (Wildman–Crippen LogP) is 3.06. The van der Waals surface area contributed by atoms with Gasteiger partial charge in [0.05, 0.1) is 24.6 Å². The monoisotopic (exact) mass is 504 g/mol. The number of aromatic nitrogens is 1. The maximum Gasteiger partial charge on any atom is 0.332 e. The number of imide groups is 1. The quantitative estimate of drug-likeness (QED) is 0.604. The summed E-state index contributed by atoms with van der Waals surface area (Å²) in [5.74, 6) is 1.52. The van der Waals surface area contributed by atoms with Crippen molar-refractivity contribution in [3.8, 4) is 0 Å². The number of urea groups is 2. The SMILES string of the molecule is CC1(C)CN(C(N)=O)c2cc(N3C(=O)N(Cc4ccnc(NC5[C@H]6COC[C@@H]56)c4)C(C)(C)C3=O)ccc21. The van der Waals surface area contributed by atoms with Crippen molar-refractivity contribution in [2.24, 2.45) is 17.6 Å². The molecule has 3 atom stereocenters. The predicted molar refractivity (Wildman–Crippen MR) is 138 cm³/mol. The Balaban J connectivity index is 1.25. The normalized spacial score (nSPS) is 26.9. The number of fused-ring (bicyclic) bond motifs is 2. The lowest BCUT2D eigenvalue weighted by Crippen LogP contribution is -2.43. The van der Waals surface area contributed by atoms with Crippen LogP contribution in [0.15, 0.2) is 36.5 Å². The lowest BCUT2D eigenvalue weighted by atomic mass is 9.87. The lowest BCUT2D eigenvalue weighted by Gasteiger charge is -2.27. The minimum absolute atomic E-state index is 0.261. The fraction of sp³-hybridized carbons (Fsp3) is 0.481. The van der Waals surface area contributed by atoms with E-state index >= 15 is 0 Å². The van der Waals surface area contributed by atoms with Gasteiger partial charge in [-0.25, -0.2) is 19.5 Å². The molecule has 37 heavy (non-hydrogen) atoms. The number of amides is 5. The zero-order valence-electron chi connectivity index (χ0n) is 21.5. The highest BCUT2D eigenvalue weighted by Crippen LogP contribution is 2.46. The van der Waals surface area contributed by atoms with Crippen LogP contribution in [-0.2, 0) is 21.5 Å². The van der Waals surface area contributed by atoms with Crippen molar-refractivity contribution in [2.45, 2.75) is 51.2 Å². The van der Waals surface area contributed by atoms with E-state index in [0.29, 0.717) is 35.8 Å². The van der Waals surface area contributed by atoms with Gasteiger partial charge in [-0.2, -0.15) is 0 Å². The number of carbonyl (C=O) groups is 3. The third kappa shape index (κ3) is 3.65. The fourth-order valence-corrected chi connectivity index (χ4v) is 6.00. The Labute approximate surface area is 215 Å². The molecule has 10 heteroatoms. The number of nitrogens with two attached hydrogens (primary N) is 1. The van der Waals surface area contributed by atoms with Gasteiger partial charge in [-0.15, -0.1) is 0 Å². The van der Waals surface area contributed by atoms with Crippen LogP contribution >= 0.6 is 0 Å². The van der Waals surface area contributed by atoms with Gasteiger partial charge in [0, 0.05) is 42.6 Å². The number of primary amides is 1. The first-order valence-electron chi connectivity index (χ1n) is 12.7. The van der Waals surface area contributed by atoms with E-state index in [1.165, 1.54) is 9.80 Å². The van der Waals surface area contributed by atoms with E-state index in [2.05, 4.69) is 10.3 Å². The van der Waals surface area contributed by atoms with Gasteiger partial charge in [0.1, 0.15) is 11.4 Å². The van der Waals surface area contributed by atoms with Crippen LogP contribution in [0.4, 0.5) is 26.8 Å². The molecule has 2 saturated heterocycles. The van der Waals surface area contributed by atoms with Crippen LogP contribution in [0.3, 0.4) is 0 Å². The van der Waals surface area contributed by atoms with E-state index in [1.807, 2.05) is 32.0 Å². The summed E-state index contributed by atoms with van der Waals surface area (Å²) in [6.07, 6.45) is 1.72. The molecule has 0 bridgehead atoms. The van der Waals surface area contributed by atoms with Gasteiger partial charge in [0.15, 0.2) is 0 Å². The zero-order chi connectivity index (χ0) is 26.3. The van der Waals surface area contributed by atoms with Crippen LogP contribution in [0.2, 0.25) is 0 Å². The molecule has 3 N–H and O–H groups in total. The van der Waals surface area contributed by atoms with Crippen molar-refractivity contribution in [1.29, 1.82) is 0 Å². The molecule has 1 aliphatic carbocycles. The van der Waals surface area contributed by atoms with Crippen LogP contribution in [0, 0.1) is 11.8 Å². The molecule has 1 saturated carbocycles. The standard InChI is InChI=1S/C27H32N6O4/c1-26(2)14-31(24(28)35)20-10-16(5-6-19(20)26)33-23(34)27(3,4)32(25(33)36)11-15-7-8-29-21(9-15)30-22-17-12-37-13-18(17)22/h5-10,17-18,22H,11-14H2,1-4H3,(H2,28,35)(H,29,30)/t17-,18+,22?. The molecule has 3 aliphatic heterocycles. The highest BCUT2D eigenvalue weighted by Gasteiger charge is 2.54. The molecule has 0 radical (unpaired) electrons. The Kier molecular flexibility index (Phi) is 5.08. The van der Waals surface area contributed by atoms with Crippen LogP contribution in [-0.4, -0.2) is 59.2 Å². The average Bonchev–Trinajstić information content (AvgIpc) is 3.11. The summed E-state index contributed by atoms with van der Waals surface area (Å²) in [7, 11) is 0. The summed E-state index contributed by atoms with van der Waals surface area (Å²) in [6, 6.07) is 8.58. The molecule has 1 aromatic heterocycles. The number of pyridine rings is 1. The molecule has 4 aliphatic rings. The third-order valence-corrected chi connectivity index (χ3v) is 8.33. The number of hydrogen-bond acceptors (Lipinski definition) is 6. The van der Waals surface area contributed by atoms with Crippen molar-refractivity contribution in [3.63, 3.8) is 0 Å². The number of anilines is 3. The summed E-state index contributed by atoms with van der Waals surface area (Å²) < 4.78 is 5.46. The van der Waals surface area contributed by atoms with Gasteiger partial charge in [-0.3, -0.25) is 9.69 Å². The number of ether oxygens (including phenoxy) is 1. The first-order valence-corrected chi connectivity index (χ1v) is 12.7. The second kappa shape index (κ2) is 7.92. The molecule has 1 aromatic carbocycles. The Bertz CT molecular complexity index is 1310. The fourth-order valence-electron chi connectivity index (χ4n) is 6.00. The summed E-state index contributed by atoms with van der Waals surface area (Å²) in [5.41, 5.74) is 7.18. The molecule has 2 aromatic rings. The number of carbonyl (C=O) groups excluding carboxylic acids is 3. The summed E-state index contributed by atoms with van der Waals surface area (Å²) >= 11 is 0. The van der Waals surface area contributed by atoms with E-state index in [0.717, 1.165) is 30.2 Å². The van der Waals surface area contributed by atoms with Crippen LogP contribution in [0.5, 0.6) is 0 Å². The Hall–Kier alpha value is -3.66. The number of nitrogens with one attached hydrogen (secondary N) is 1. The van der Waals surface area contributed by atoms with E-state index < -0.39 is 17.6 Å². The van der Waals surface area contributed by atoms with Gasteiger partial charge in [-0.05, 0) is 49.2 Å². The minimum Gasteiger partial charge on any atom is -0.381 e. The van der Waals surface area contributed by atoms with Crippen molar-refractivity contribution in [2.75, 3.05) is 34.9 Å². The van der Waals surface area contributed by atoms with Crippen molar-refractivity contribution < 1.29 is 19.1 Å². The molecular weight excluding hydrogens is 472 g/mol. The molecule has 0 spiro atoms. The third-order valence-electron chi connectivity index (χ3n) is 8.33. The summed E-state index contributed by atoms with van der Waals surface area (Å²) in [4.78, 5) is 48.0. The Morgan fingerprint density at radius 2 is 1.86 bits per heavy atom. The second-order valence-electron chi connectivity index (χ2n) is 11.7. The van der Waals surface area contributed by atoms with Gasteiger partial charge in [0.25, 0.3) is 5.91 Å². The Morgan fingerprint density at radius 1 is 1.14 bits per heavy atom. The molecule has 4 heterocycles. The molecular formula is C27H32N6O4. The van der Waals surface area contributed by atoms with Crippen molar-refractivity contribution in [3.05, 3.63) is 47.7 Å². The molecule has 194 valence electrons. The summed E-state index contributed by atoms with van der Waals surface area (Å²) in [5, 5.41) is 3.49. The number of nitrogens with zero attached hydrogens (tertiary/aromatic N) is 4. The topological polar surface area (TPSA) is 121 Å².